The zero-order valence-electron chi connectivity index (χ0n) is 17.0. The predicted molar refractivity (Wildman–Crippen MR) is 116 cm³/mol. The third-order valence-electron chi connectivity index (χ3n) is 4.82. The van der Waals surface area contributed by atoms with Crippen molar-refractivity contribution in [2.24, 2.45) is 0 Å². The van der Waals surface area contributed by atoms with E-state index < -0.39 is 6.61 Å². The van der Waals surface area contributed by atoms with E-state index in [0.717, 1.165) is 37.4 Å². The molecule has 1 fully saturated rings. The summed E-state index contributed by atoms with van der Waals surface area (Å²) in [5.74, 6) is 2.74. The minimum atomic E-state index is -2.85. The smallest absolute Gasteiger partial charge is 0.387 e. The Balaban J connectivity index is 1.56. The molecule has 0 aliphatic carbocycles. The fourth-order valence-electron chi connectivity index (χ4n) is 3.31. The van der Waals surface area contributed by atoms with Crippen LogP contribution in [0.5, 0.6) is 11.5 Å². The Hall–Kier alpha value is -3.62. The maximum Gasteiger partial charge on any atom is 0.387 e. The van der Waals surface area contributed by atoms with Gasteiger partial charge in [0.2, 0.25) is 5.95 Å². The average molecular weight is 427 g/mol. The first-order valence-corrected chi connectivity index (χ1v) is 9.96. The van der Waals surface area contributed by atoms with Crippen LogP contribution in [0.25, 0.3) is 0 Å². The van der Waals surface area contributed by atoms with Gasteiger partial charge in [-0.05, 0) is 61.4 Å². The van der Waals surface area contributed by atoms with Gasteiger partial charge in [-0.25, -0.2) is 0 Å². The van der Waals surface area contributed by atoms with Crippen molar-refractivity contribution < 1.29 is 18.3 Å². The summed E-state index contributed by atoms with van der Waals surface area (Å²) in [7, 11) is 1.62. The standard InChI is InChI=1S/C22H23F2N5O2/c1-30-17-8-4-15(5-9-17)25-19-14-20(28-22(27-19)29-12-2-3-13-29)26-16-6-10-18(11-7-16)31-21(23)24/h4-11,14,21H,2-3,12-13H2,1H3,(H2,25,26,27,28). The summed E-state index contributed by atoms with van der Waals surface area (Å²) in [6, 6.07) is 15.6. The van der Waals surface area contributed by atoms with Crippen LogP contribution >= 0.6 is 0 Å². The zero-order chi connectivity index (χ0) is 21.6. The molecule has 0 saturated carbocycles. The fraction of sp³-hybridized carbons (Fsp3) is 0.273. The van der Waals surface area contributed by atoms with Gasteiger partial charge in [0.1, 0.15) is 23.1 Å². The summed E-state index contributed by atoms with van der Waals surface area (Å²) < 4.78 is 34.3. The first-order chi connectivity index (χ1) is 15.1. The topological polar surface area (TPSA) is 71.5 Å². The van der Waals surface area contributed by atoms with Gasteiger partial charge in [-0.15, -0.1) is 0 Å². The van der Waals surface area contributed by atoms with E-state index in [1.54, 1.807) is 25.3 Å². The number of hydrogen-bond donors (Lipinski definition) is 2. The Labute approximate surface area is 179 Å². The Bertz CT molecular complexity index is 994. The van der Waals surface area contributed by atoms with Crippen molar-refractivity contribution in [1.29, 1.82) is 0 Å². The van der Waals surface area contributed by atoms with Crippen molar-refractivity contribution >= 4 is 29.0 Å². The van der Waals surface area contributed by atoms with Gasteiger partial charge in [0.05, 0.1) is 7.11 Å². The number of aromatic nitrogens is 2. The van der Waals surface area contributed by atoms with E-state index in [2.05, 4.69) is 30.2 Å². The number of halogens is 2. The van der Waals surface area contributed by atoms with Crippen LogP contribution in [0.4, 0.5) is 37.7 Å². The molecule has 9 heteroatoms. The summed E-state index contributed by atoms with van der Waals surface area (Å²) in [6.45, 7) is -1.04. The monoisotopic (exact) mass is 427 g/mol. The van der Waals surface area contributed by atoms with E-state index >= 15 is 0 Å². The number of benzene rings is 2. The van der Waals surface area contributed by atoms with Crippen LogP contribution in [0.2, 0.25) is 0 Å². The second-order valence-corrected chi connectivity index (χ2v) is 7.01. The van der Waals surface area contributed by atoms with Gasteiger partial charge < -0.3 is 25.0 Å². The maximum atomic E-state index is 12.4. The molecule has 2 heterocycles. The van der Waals surface area contributed by atoms with E-state index in [-0.39, 0.29) is 5.75 Å². The lowest BCUT2D eigenvalue weighted by Crippen LogP contribution is -2.21. The number of hydrogen-bond acceptors (Lipinski definition) is 7. The molecule has 7 nitrogen and oxygen atoms in total. The molecule has 3 aromatic rings. The molecule has 1 saturated heterocycles. The van der Waals surface area contributed by atoms with Crippen LogP contribution in [0.1, 0.15) is 12.8 Å². The van der Waals surface area contributed by atoms with Crippen LogP contribution in [0, 0.1) is 0 Å². The zero-order valence-corrected chi connectivity index (χ0v) is 17.0. The maximum absolute atomic E-state index is 12.4. The summed E-state index contributed by atoms with van der Waals surface area (Å²) >= 11 is 0. The van der Waals surface area contributed by atoms with E-state index in [1.807, 2.05) is 24.3 Å². The van der Waals surface area contributed by atoms with Crippen molar-refractivity contribution in [2.75, 3.05) is 35.7 Å². The fourth-order valence-corrected chi connectivity index (χ4v) is 3.31. The Kier molecular flexibility index (Phi) is 6.30. The van der Waals surface area contributed by atoms with Crippen molar-refractivity contribution in [3.8, 4) is 11.5 Å². The molecular formula is C22H23F2N5O2. The van der Waals surface area contributed by atoms with Gasteiger partial charge >= 0.3 is 6.61 Å². The van der Waals surface area contributed by atoms with Gasteiger partial charge in [-0.2, -0.15) is 18.7 Å². The summed E-state index contributed by atoms with van der Waals surface area (Å²) in [6.07, 6.45) is 2.21. The van der Waals surface area contributed by atoms with Crippen molar-refractivity contribution in [3.05, 3.63) is 54.6 Å². The second kappa shape index (κ2) is 9.46. The molecule has 2 N–H and O–H groups in total. The molecule has 1 aromatic heterocycles. The van der Waals surface area contributed by atoms with Crippen LogP contribution < -0.4 is 25.0 Å². The highest BCUT2D eigenvalue weighted by Gasteiger charge is 2.17. The molecule has 0 amide bonds. The molecule has 0 bridgehead atoms. The Morgan fingerprint density at radius 3 is 1.84 bits per heavy atom. The number of rotatable bonds is 8. The largest absolute Gasteiger partial charge is 0.497 e. The normalized spacial score (nSPS) is 13.4. The van der Waals surface area contributed by atoms with E-state index in [1.165, 1.54) is 12.1 Å². The number of alkyl halides is 2. The number of anilines is 5. The van der Waals surface area contributed by atoms with E-state index in [4.69, 9.17) is 4.74 Å². The van der Waals surface area contributed by atoms with Crippen LogP contribution in [-0.4, -0.2) is 36.8 Å². The van der Waals surface area contributed by atoms with E-state index in [0.29, 0.717) is 23.3 Å². The average Bonchev–Trinajstić information content (AvgIpc) is 3.30. The number of nitrogens with one attached hydrogen (secondary N) is 2. The summed E-state index contributed by atoms with van der Waals surface area (Å²) in [4.78, 5) is 11.5. The molecule has 0 spiro atoms. The van der Waals surface area contributed by atoms with Crippen LogP contribution in [0.15, 0.2) is 54.6 Å². The lowest BCUT2D eigenvalue weighted by atomic mass is 10.3. The first kappa shape index (κ1) is 20.6. The molecule has 2 aromatic carbocycles. The molecule has 162 valence electrons. The molecule has 31 heavy (non-hydrogen) atoms. The molecule has 0 atom stereocenters. The van der Waals surface area contributed by atoms with Crippen LogP contribution in [-0.2, 0) is 0 Å². The number of nitrogens with zero attached hydrogens (tertiary/aromatic N) is 3. The molecule has 1 aliphatic heterocycles. The third kappa shape index (κ3) is 5.50. The highest BCUT2D eigenvalue weighted by molar-refractivity contribution is 5.66. The lowest BCUT2D eigenvalue weighted by Gasteiger charge is -2.18. The Morgan fingerprint density at radius 2 is 1.35 bits per heavy atom. The van der Waals surface area contributed by atoms with Gasteiger partial charge in [-0.3, -0.25) is 0 Å². The SMILES string of the molecule is COc1ccc(Nc2cc(Nc3ccc(OC(F)F)cc3)nc(N3CCCC3)n2)cc1. The highest BCUT2D eigenvalue weighted by atomic mass is 19.3. The number of methoxy groups -OCH3 is 1. The second-order valence-electron chi connectivity index (χ2n) is 7.01. The summed E-state index contributed by atoms with van der Waals surface area (Å²) in [5.41, 5.74) is 1.56. The minimum Gasteiger partial charge on any atom is -0.497 e. The Morgan fingerprint density at radius 1 is 0.839 bits per heavy atom. The molecule has 4 rings (SSSR count). The molecule has 0 radical (unpaired) electrons. The van der Waals surface area contributed by atoms with Gasteiger partial charge in [-0.1, -0.05) is 0 Å². The highest BCUT2D eigenvalue weighted by Crippen LogP contribution is 2.27. The minimum absolute atomic E-state index is 0.0999. The van der Waals surface area contributed by atoms with Crippen molar-refractivity contribution in [1.82, 2.24) is 9.97 Å². The quantitative estimate of drug-likeness (QED) is 0.514. The third-order valence-corrected chi connectivity index (χ3v) is 4.82. The van der Waals surface area contributed by atoms with Gasteiger partial charge in [0.25, 0.3) is 0 Å². The molecule has 0 unspecified atom stereocenters. The summed E-state index contributed by atoms with van der Waals surface area (Å²) in [5, 5.41) is 6.51. The number of ether oxygens (including phenoxy) is 2. The lowest BCUT2D eigenvalue weighted by molar-refractivity contribution is -0.0498. The predicted octanol–water partition coefficient (Wildman–Crippen LogP) is 5.17. The van der Waals surface area contributed by atoms with Gasteiger partial charge in [0, 0.05) is 30.5 Å². The molecule has 1 aliphatic rings. The van der Waals surface area contributed by atoms with Gasteiger partial charge in [0.15, 0.2) is 0 Å². The first-order valence-electron chi connectivity index (χ1n) is 9.96. The van der Waals surface area contributed by atoms with E-state index in [9.17, 15) is 8.78 Å². The van der Waals surface area contributed by atoms with Crippen molar-refractivity contribution in [2.45, 2.75) is 19.5 Å². The molecular weight excluding hydrogens is 404 g/mol. The van der Waals surface area contributed by atoms with Crippen molar-refractivity contribution in [3.63, 3.8) is 0 Å². The van der Waals surface area contributed by atoms with Crippen LogP contribution in [0.3, 0.4) is 0 Å².